The van der Waals surface area contributed by atoms with Crippen molar-refractivity contribution in [2.24, 2.45) is 0 Å². The van der Waals surface area contributed by atoms with Crippen molar-refractivity contribution in [3.05, 3.63) is 88.1 Å². The zero-order chi connectivity index (χ0) is 21.4. The van der Waals surface area contributed by atoms with Crippen LogP contribution in [0.5, 0.6) is 0 Å². The average molecular weight is 430 g/mol. The van der Waals surface area contributed by atoms with Crippen molar-refractivity contribution in [3.63, 3.8) is 0 Å². The largest absolute Gasteiger partial charge is 0.416 e. The van der Waals surface area contributed by atoms with Gasteiger partial charge in [0.05, 0.1) is 16.2 Å². The molecular formula is C22H12ClN5O3. The van der Waals surface area contributed by atoms with Gasteiger partial charge in [-0.3, -0.25) is 10.1 Å². The number of hydrogen-bond donors (Lipinski definition) is 0. The quantitative estimate of drug-likeness (QED) is 0.271. The van der Waals surface area contributed by atoms with E-state index in [1.807, 2.05) is 12.1 Å². The molecule has 8 nitrogen and oxygen atoms in total. The van der Waals surface area contributed by atoms with Crippen LogP contribution in [0.1, 0.15) is 0 Å². The summed E-state index contributed by atoms with van der Waals surface area (Å²) in [6, 6.07) is 18.8. The molecule has 31 heavy (non-hydrogen) atoms. The Labute approximate surface area is 180 Å². The standard InChI is InChI=1S/C22H12ClN5O3/c23-16-8-6-13(7-9-16)21-26-27-22(31-21)18-12-15-4-2-10-24-20(15)25-19(18)14-3-1-5-17(11-14)28(29)30/h1-12H. The molecule has 0 saturated carbocycles. The zero-order valence-electron chi connectivity index (χ0n) is 15.8. The second-order valence-corrected chi connectivity index (χ2v) is 7.10. The van der Waals surface area contributed by atoms with Crippen LogP contribution in [0.4, 0.5) is 5.69 Å². The Morgan fingerprint density at radius 1 is 0.903 bits per heavy atom. The summed E-state index contributed by atoms with van der Waals surface area (Å²) in [6.07, 6.45) is 1.64. The minimum absolute atomic E-state index is 0.0428. The topological polar surface area (TPSA) is 108 Å². The third-order valence-electron chi connectivity index (χ3n) is 4.67. The van der Waals surface area contributed by atoms with E-state index in [0.717, 1.165) is 10.9 Å². The van der Waals surface area contributed by atoms with Gasteiger partial charge in [0.25, 0.3) is 5.69 Å². The molecule has 0 aliphatic rings. The van der Waals surface area contributed by atoms with Gasteiger partial charge >= 0.3 is 0 Å². The van der Waals surface area contributed by atoms with Crippen LogP contribution >= 0.6 is 11.6 Å². The van der Waals surface area contributed by atoms with Gasteiger partial charge in [0, 0.05) is 39.9 Å². The third kappa shape index (κ3) is 3.60. The molecule has 0 atom stereocenters. The highest BCUT2D eigenvalue weighted by Gasteiger charge is 2.19. The van der Waals surface area contributed by atoms with Crippen molar-refractivity contribution in [1.29, 1.82) is 0 Å². The van der Waals surface area contributed by atoms with Crippen molar-refractivity contribution in [2.45, 2.75) is 0 Å². The Hall–Kier alpha value is -4.17. The second kappa shape index (κ2) is 7.58. The minimum atomic E-state index is -0.451. The molecule has 0 unspecified atom stereocenters. The first-order valence-corrected chi connectivity index (χ1v) is 9.57. The Morgan fingerprint density at radius 2 is 1.71 bits per heavy atom. The number of nitro groups is 1. The van der Waals surface area contributed by atoms with Gasteiger partial charge in [-0.1, -0.05) is 23.7 Å². The molecule has 5 rings (SSSR count). The molecule has 0 N–H and O–H groups in total. The fraction of sp³-hybridized carbons (Fsp3) is 0. The monoisotopic (exact) mass is 429 g/mol. The van der Waals surface area contributed by atoms with E-state index in [1.54, 1.807) is 48.7 Å². The molecule has 0 saturated heterocycles. The lowest BCUT2D eigenvalue weighted by Gasteiger charge is -2.08. The maximum Gasteiger partial charge on any atom is 0.270 e. The average Bonchev–Trinajstić information content (AvgIpc) is 3.29. The molecule has 0 aliphatic carbocycles. The number of halogens is 1. The first-order valence-electron chi connectivity index (χ1n) is 9.19. The van der Waals surface area contributed by atoms with Crippen LogP contribution in [-0.2, 0) is 0 Å². The molecule has 0 bridgehead atoms. The molecule has 0 amide bonds. The number of benzene rings is 2. The van der Waals surface area contributed by atoms with E-state index < -0.39 is 4.92 Å². The van der Waals surface area contributed by atoms with Gasteiger partial charge in [0.2, 0.25) is 11.8 Å². The first-order chi connectivity index (χ1) is 15.1. The molecule has 150 valence electrons. The number of nitrogens with zero attached hydrogens (tertiary/aromatic N) is 5. The number of hydrogen-bond acceptors (Lipinski definition) is 7. The molecule has 5 aromatic rings. The van der Waals surface area contributed by atoms with Crippen LogP contribution in [0.15, 0.2) is 77.3 Å². The van der Waals surface area contributed by atoms with E-state index in [1.165, 1.54) is 12.1 Å². The van der Waals surface area contributed by atoms with Gasteiger partial charge < -0.3 is 4.42 Å². The van der Waals surface area contributed by atoms with Crippen molar-refractivity contribution < 1.29 is 9.34 Å². The molecule has 0 radical (unpaired) electrons. The maximum absolute atomic E-state index is 11.3. The Kier molecular flexibility index (Phi) is 4.61. The molecule has 0 fully saturated rings. The number of pyridine rings is 2. The van der Waals surface area contributed by atoms with Crippen LogP contribution in [0.2, 0.25) is 5.02 Å². The summed E-state index contributed by atoms with van der Waals surface area (Å²) >= 11 is 5.95. The van der Waals surface area contributed by atoms with Crippen molar-refractivity contribution >= 4 is 28.3 Å². The lowest BCUT2D eigenvalue weighted by molar-refractivity contribution is -0.384. The summed E-state index contributed by atoms with van der Waals surface area (Å²) in [6.45, 7) is 0. The lowest BCUT2D eigenvalue weighted by atomic mass is 10.0. The van der Waals surface area contributed by atoms with E-state index in [-0.39, 0.29) is 11.6 Å². The molecule has 0 aliphatic heterocycles. The highest BCUT2D eigenvalue weighted by atomic mass is 35.5. The molecule has 3 heterocycles. The predicted molar refractivity (Wildman–Crippen MR) is 115 cm³/mol. The summed E-state index contributed by atoms with van der Waals surface area (Å²) in [5.74, 6) is 0.563. The van der Waals surface area contributed by atoms with Gasteiger partial charge in [0.1, 0.15) is 0 Å². The smallest absolute Gasteiger partial charge is 0.270 e. The molecule has 3 aromatic heterocycles. The van der Waals surface area contributed by atoms with Crippen LogP contribution in [0.3, 0.4) is 0 Å². The fourth-order valence-electron chi connectivity index (χ4n) is 3.20. The van der Waals surface area contributed by atoms with Crippen LogP contribution in [-0.4, -0.2) is 25.1 Å². The van der Waals surface area contributed by atoms with Gasteiger partial charge in [-0.05, 0) is 42.5 Å². The number of non-ortho nitro benzene ring substituents is 1. The molecule has 0 spiro atoms. The van der Waals surface area contributed by atoms with Crippen LogP contribution < -0.4 is 0 Å². The second-order valence-electron chi connectivity index (χ2n) is 6.66. The number of nitro benzene ring substituents is 1. The highest BCUT2D eigenvalue weighted by Crippen LogP contribution is 2.35. The third-order valence-corrected chi connectivity index (χ3v) is 4.92. The van der Waals surface area contributed by atoms with Crippen molar-refractivity contribution in [2.75, 3.05) is 0 Å². The van der Waals surface area contributed by atoms with E-state index in [0.29, 0.717) is 33.4 Å². The Morgan fingerprint density at radius 3 is 2.52 bits per heavy atom. The first kappa shape index (κ1) is 18.8. The summed E-state index contributed by atoms with van der Waals surface area (Å²) in [4.78, 5) is 19.7. The van der Waals surface area contributed by atoms with Gasteiger partial charge in [-0.2, -0.15) is 0 Å². The summed E-state index contributed by atoms with van der Waals surface area (Å²) in [5.41, 5.74) is 2.73. The zero-order valence-corrected chi connectivity index (χ0v) is 16.5. The van der Waals surface area contributed by atoms with Gasteiger partial charge in [-0.25, -0.2) is 9.97 Å². The molecular weight excluding hydrogens is 418 g/mol. The summed E-state index contributed by atoms with van der Waals surface area (Å²) < 4.78 is 5.92. The maximum atomic E-state index is 11.3. The van der Waals surface area contributed by atoms with E-state index in [2.05, 4.69) is 20.2 Å². The van der Waals surface area contributed by atoms with E-state index in [4.69, 9.17) is 16.0 Å². The number of fused-ring (bicyclic) bond motifs is 1. The van der Waals surface area contributed by atoms with Crippen molar-refractivity contribution in [1.82, 2.24) is 20.2 Å². The SMILES string of the molecule is O=[N+]([O-])c1cccc(-c2nc3ncccc3cc2-c2nnc(-c3ccc(Cl)cc3)o2)c1. The molecule has 9 heteroatoms. The normalized spacial score (nSPS) is 11.0. The van der Waals surface area contributed by atoms with E-state index in [9.17, 15) is 10.1 Å². The number of rotatable bonds is 4. The van der Waals surface area contributed by atoms with Gasteiger partial charge in [-0.15, -0.1) is 10.2 Å². The van der Waals surface area contributed by atoms with Crippen molar-refractivity contribution in [3.8, 4) is 34.2 Å². The Balaban J connectivity index is 1.69. The predicted octanol–water partition coefficient (Wildman–Crippen LogP) is 5.58. The summed E-state index contributed by atoms with van der Waals surface area (Å²) in [7, 11) is 0. The fourth-order valence-corrected chi connectivity index (χ4v) is 3.32. The molecule has 2 aromatic carbocycles. The van der Waals surface area contributed by atoms with Crippen LogP contribution in [0.25, 0.3) is 45.2 Å². The Bertz CT molecular complexity index is 1430. The highest BCUT2D eigenvalue weighted by molar-refractivity contribution is 6.30. The van der Waals surface area contributed by atoms with Gasteiger partial charge in [0.15, 0.2) is 5.65 Å². The lowest BCUT2D eigenvalue weighted by Crippen LogP contribution is -1.94. The summed E-state index contributed by atoms with van der Waals surface area (Å²) in [5, 5.41) is 21.0. The van der Waals surface area contributed by atoms with E-state index >= 15 is 0 Å². The minimum Gasteiger partial charge on any atom is -0.416 e. The number of aromatic nitrogens is 4. The van der Waals surface area contributed by atoms with Crippen LogP contribution in [0, 0.1) is 10.1 Å².